The molecule has 88 valence electrons. The smallest absolute Gasteiger partial charge is 0.232 e. The highest BCUT2D eigenvalue weighted by Gasteiger charge is 2.24. The van der Waals surface area contributed by atoms with Gasteiger partial charge in [0.1, 0.15) is 0 Å². The lowest BCUT2D eigenvalue weighted by atomic mass is 10.4. The van der Waals surface area contributed by atoms with Crippen LogP contribution in [0.1, 0.15) is 19.8 Å². The van der Waals surface area contributed by atoms with Crippen LogP contribution in [0.25, 0.3) is 0 Å². The first-order valence-electron chi connectivity index (χ1n) is 5.63. The molecule has 0 heterocycles. The maximum absolute atomic E-state index is 12.7. The molecule has 3 heteroatoms. The average Bonchev–Trinajstić information content (AvgIpc) is 2.35. The molecular weight excluding hydrogens is 219 g/mol. The molecule has 1 unspecified atom stereocenters. The van der Waals surface area contributed by atoms with Gasteiger partial charge in [0.25, 0.3) is 0 Å². The lowest BCUT2D eigenvalue weighted by Gasteiger charge is -2.17. The second kappa shape index (κ2) is 6.67. The van der Waals surface area contributed by atoms with Crippen molar-refractivity contribution in [2.45, 2.75) is 19.8 Å². The highest BCUT2D eigenvalue weighted by Crippen LogP contribution is 2.46. The van der Waals surface area contributed by atoms with E-state index in [4.69, 9.17) is 4.52 Å². The summed E-state index contributed by atoms with van der Waals surface area (Å²) in [6.45, 7) is 6.02. The number of benzene rings is 1. The van der Waals surface area contributed by atoms with E-state index in [2.05, 4.69) is 13.5 Å². The number of unbranched alkanes of at least 4 members (excludes halogenated alkanes) is 1. The summed E-state index contributed by atoms with van der Waals surface area (Å²) < 4.78 is 18.2. The molecule has 0 fully saturated rings. The molecule has 2 nitrogen and oxygen atoms in total. The molecular formula is C13H19O2P. The quantitative estimate of drug-likeness (QED) is 0.536. The van der Waals surface area contributed by atoms with E-state index in [-0.39, 0.29) is 0 Å². The van der Waals surface area contributed by atoms with E-state index >= 15 is 0 Å². The number of rotatable bonds is 7. The minimum atomic E-state index is -2.68. The van der Waals surface area contributed by atoms with Gasteiger partial charge in [0, 0.05) is 11.5 Å². The van der Waals surface area contributed by atoms with Crippen molar-refractivity contribution in [2.75, 3.05) is 12.8 Å². The highest BCUT2D eigenvalue weighted by atomic mass is 31.2. The third-order valence-electron chi connectivity index (χ3n) is 2.36. The van der Waals surface area contributed by atoms with Crippen molar-refractivity contribution in [3.8, 4) is 0 Å². The molecule has 1 atom stereocenters. The van der Waals surface area contributed by atoms with Gasteiger partial charge in [0.05, 0.1) is 6.61 Å². The Morgan fingerprint density at radius 2 is 2.06 bits per heavy atom. The summed E-state index contributed by atoms with van der Waals surface area (Å²) in [6.07, 6.45) is 4.19. The van der Waals surface area contributed by atoms with E-state index in [9.17, 15) is 4.57 Å². The lowest BCUT2D eigenvalue weighted by Crippen LogP contribution is -2.10. The molecule has 0 aliphatic carbocycles. The molecule has 16 heavy (non-hydrogen) atoms. The standard InChI is InChI=1S/C13H19O2P/c1-3-5-12-16(14,15-11-4-2)13-9-7-6-8-10-13/h4,6-10H,2-3,5,11-12H2,1H3. The van der Waals surface area contributed by atoms with Crippen molar-refractivity contribution >= 4 is 12.7 Å². The highest BCUT2D eigenvalue weighted by molar-refractivity contribution is 7.67. The first-order valence-corrected chi connectivity index (χ1v) is 7.44. The largest absolute Gasteiger partial charge is 0.321 e. The van der Waals surface area contributed by atoms with Gasteiger partial charge in [-0.15, -0.1) is 6.58 Å². The lowest BCUT2D eigenvalue weighted by molar-refractivity contribution is 0.360. The van der Waals surface area contributed by atoms with Crippen LogP contribution in [-0.2, 0) is 9.09 Å². The van der Waals surface area contributed by atoms with Crippen molar-refractivity contribution < 1.29 is 9.09 Å². The summed E-state index contributed by atoms with van der Waals surface area (Å²) in [6, 6.07) is 9.45. The minimum Gasteiger partial charge on any atom is -0.321 e. The monoisotopic (exact) mass is 238 g/mol. The summed E-state index contributed by atoms with van der Waals surface area (Å²) in [5, 5.41) is 0.810. The fraction of sp³-hybridized carbons (Fsp3) is 0.385. The molecule has 0 bridgehead atoms. The molecule has 0 N–H and O–H groups in total. The Morgan fingerprint density at radius 1 is 1.38 bits per heavy atom. The zero-order valence-corrected chi connectivity index (χ0v) is 10.7. The minimum absolute atomic E-state index is 0.343. The van der Waals surface area contributed by atoms with E-state index in [1.165, 1.54) is 0 Å². The van der Waals surface area contributed by atoms with Crippen LogP contribution in [0, 0.1) is 0 Å². The van der Waals surface area contributed by atoms with Crippen molar-refractivity contribution in [2.24, 2.45) is 0 Å². The number of hydrogen-bond donors (Lipinski definition) is 0. The molecule has 0 radical (unpaired) electrons. The van der Waals surface area contributed by atoms with Gasteiger partial charge in [-0.25, -0.2) is 0 Å². The summed E-state index contributed by atoms with van der Waals surface area (Å²) in [5.41, 5.74) is 0. The van der Waals surface area contributed by atoms with Crippen molar-refractivity contribution in [1.29, 1.82) is 0 Å². The Bertz CT molecular complexity index is 359. The van der Waals surface area contributed by atoms with Gasteiger partial charge < -0.3 is 4.52 Å². The van der Waals surface area contributed by atoms with Crippen LogP contribution < -0.4 is 5.30 Å². The van der Waals surface area contributed by atoms with Crippen LogP contribution in [0.4, 0.5) is 0 Å². The summed E-state index contributed by atoms with van der Waals surface area (Å²) >= 11 is 0. The Kier molecular flexibility index (Phi) is 5.51. The SMILES string of the molecule is C=CCOP(=O)(CCCC)c1ccccc1. The normalized spacial score (nSPS) is 14.3. The van der Waals surface area contributed by atoms with Gasteiger partial charge in [-0.3, -0.25) is 4.57 Å². The fourth-order valence-corrected chi connectivity index (χ4v) is 3.70. The summed E-state index contributed by atoms with van der Waals surface area (Å²) in [4.78, 5) is 0. The van der Waals surface area contributed by atoms with Crippen LogP contribution in [0.5, 0.6) is 0 Å². The Hall–Kier alpha value is -0.850. The van der Waals surface area contributed by atoms with E-state index in [1.54, 1.807) is 6.08 Å². The van der Waals surface area contributed by atoms with Crippen molar-refractivity contribution in [3.05, 3.63) is 43.0 Å². The van der Waals surface area contributed by atoms with E-state index in [0.29, 0.717) is 12.8 Å². The van der Waals surface area contributed by atoms with Crippen LogP contribution >= 0.6 is 7.37 Å². The van der Waals surface area contributed by atoms with Gasteiger partial charge >= 0.3 is 0 Å². The maximum Gasteiger partial charge on any atom is 0.232 e. The second-order valence-electron chi connectivity index (χ2n) is 3.67. The van der Waals surface area contributed by atoms with Gasteiger partial charge in [-0.05, 0) is 18.6 Å². The van der Waals surface area contributed by atoms with Gasteiger partial charge in [-0.2, -0.15) is 0 Å². The molecule has 0 aliphatic rings. The molecule has 0 aromatic heterocycles. The van der Waals surface area contributed by atoms with E-state index < -0.39 is 7.37 Å². The van der Waals surface area contributed by atoms with Gasteiger partial charge in [-0.1, -0.05) is 37.6 Å². The zero-order chi connectivity index (χ0) is 11.9. The van der Waals surface area contributed by atoms with Crippen molar-refractivity contribution in [1.82, 2.24) is 0 Å². The Balaban J connectivity index is 2.85. The molecule has 1 aromatic carbocycles. The Labute approximate surface area is 97.8 Å². The third-order valence-corrected chi connectivity index (χ3v) is 4.91. The number of hydrogen-bond acceptors (Lipinski definition) is 2. The van der Waals surface area contributed by atoms with Crippen LogP contribution in [0.2, 0.25) is 0 Å². The molecule has 0 aliphatic heterocycles. The molecule has 0 amide bonds. The molecule has 0 saturated heterocycles. The van der Waals surface area contributed by atoms with Gasteiger partial charge in [0.2, 0.25) is 7.37 Å². The molecule has 0 spiro atoms. The molecule has 0 saturated carbocycles. The second-order valence-corrected chi connectivity index (χ2v) is 6.24. The van der Waals surface area contributed by atoms with Crippen LogP contribution in [0.3, 0.4) is 0 Å². The van der Waals surface area contributed by atoms with Gasteiger partial charge in [0.15, 0.2) is 0 Å². The van der Waals surface area contributed by atoms with Crippen LogP contribution in [-0.4, -0.2) is 12.8 Å². The van der Waals surface area contributed by atoms with E-state index in [0.717, 1.165) is 18.1 Å². The summed E-state index contributed by atoms with van der Waals surface area (Å²) in [7, 11) is -2.68. The predicted molar refractivity (Wildman–Crippen MR) is 69.6 cm³/mol. The Morgan fingerprint density at radius 3 is 2.62 bits per heavy atom. The van der Waals surface area contributed by atoms with E-state index in [1.807, 2.05) is 30.3 Å². The first kappa shape index (κ1) is 13.2. The predicted octanol–water partition coefficient (Wildman–Crippen LogP) is 3.59. The van der Waals surface area contributed by atoms with Crippen molar-refractivity contribution in [3.63, 3.8) is 0 Å². The zero-order valence-electron chi connectivity index (χ0n) is 9.76. The topological polar surface area (TPSA) is 26.3 Å². The first-order chi connectivity index (χ1) is 7.73. The molecule has 1 rings (SSSR count). The third kappa shape index (κ3) is 3.62. The molecule has 1 aromatic rings. The fourth-order valence-electron chi connectivity index (χ4n) is 1.46. The van der Waals surface area contributed by atoms with Crippen LogP contribution in [0.15, 0.2) is 43.0 Å². The summed E-state index contributed by atoms with van der Waals surface area (Å²) in [5.74, 6) is 0. The maximum atomic E-state index is 12.7. The average molecular weight is 238 g/mol.